The van der Waals surface area contributed by atoms with Gasteiger partial charge in [0.05, 0.1) is 25.4 Å². The van der Waals surface area contributed by atoms with Crippen molar-refractivity contribution in [2.24, 2.45) is 0 Å². The number of unbranched alkanes of at least 4 members (excludes halogenated alkanes) is 46. The lowest BCUT2D eigenvalue weighted by Crippen LogP contribution is -2.60. The van der Waals surface area contributed by atoms with Crippen LogP contribution in [0.15, 0.2) is 24.3 Å². The fourth-order valence-electron chi connectivity index (χ4n) is 11.4. The lowest BCUT2D eigenvalue weighted by Gasteiger charge is -2.40. The Bertz CT molecular complexity index is 1310. The Morgan fingerprint density at radius 3 is 1.09 bits per heavy atom. The number of ether oxygens (including phenoxy) is 2. The molecule has 468 valence electrons. The minimum absolute atomic E-state index is 0.252. The van der Waals surface area contributed by atoms with Crippen molar-refractivity contribution in [3.63, 3.8) is 0 Å². The monoisotopic (exact) mass is 1120 g/mol. The third kappa shape index (κ3) is 46.7. The van der Waals surface area contributed by atoms with Crippen LogP contribution in [-0.2, 0) is 14.3 Å². The highest BCUT2D eigenvalue weighted by molar-refractivity contribution is 5.80. The van der Waals surface area contributed by atoms with E-state index < -0.39 is 61.5 Å². The number of nitrogens with one attached hydrogen (secondary N) is 1. The molecule has 1 aliphatic heterocycles. The lowest BCUT2D eigenvalue weighted by atomic mass is 9.99. The molecular formula is C69H133NO9. The van der Waals surface area contributed by atoms with Crippen LogP contribution in [0.3, 0.4) is 0 Å². The van der Waals surface area contributed by atoms with Crippen molar-refractivity contribution in [3.05, 3.63) is 24.3 Å². The fraction of sp³-hybridized carbons (Fsp3) is 0.928. The maximum absolute atomic E-state index is 13.2. The summed E-state index contributed by atoms with van der Waals surface area (Å²) in [5.74, 6) is -0.578. The summed E-state index contributed by atoms with van der Waals surface area (Å²) in [4.78, 5) is 13.2. The Morgan fingerprint density at radius 1 is 0.430 bits per heavy atom. The van der Waals surface area contributed by atoms with Crippen LogP contribution in [0.5, 0.6) is 0 Å². The number of aliphatic hydroxyl groups excluding tert-OH is 6. The van der Waals surface area contributed by atoms with Crippen LogP contribution in [-0.4, -0.2) is 98.7 Å². The van der Waals surface area contributed by atoms with Crippen molar-refractivity contribution in [3.8, 4) is 0 Å². The zero-order valence-electron chi connectivity index (χ0n) is 52.0. The van der Waals surface area contributed by atoms with Gasteiger partial charge in [0.1, 0.15) is 30.5 Å². The number of allylic oxidation sites excluding steroid dienone is 4. The molecule has 0 aromatic carbocycles. The highest BCUT2D eigenvalue weighted by Crippen LogP contribution is 2.24. The molecular weight excluding hydrogens is 987 g/mol. The molecule has 1 rings (SSSR count). The first-order valence-corrected chi connectivity index (χ1v) is 34.6. The highest BCUT2D eigenvalue weighted by Gasteiger charge is 2.44. The standard InChI is InChI=1S/C69H133NO9/c1-3-5-7-9-11-13-15-17-19-21-22-23-24-25-26-27-28-29-30-31-32-33-34-35-36-37-38-39-40-41-42-44-46-48-50-52-54-56-58-63(73)68(77)70-61(60-78-69-67(76)66(75)65(74)64(59-71)79-69)62(72)57-55-53-51-49-47-45-43-20-18-16-14-12-10-8-6-4-2/h28-29,31-32,61-67,69,71-76H,3-27,30,33-60H2,1-2H3,(H,70,77)/b29-28-,32-31-. The van der Waals surface area contributed by atoms with Crippen molar-refractivity contribution < 1.29 is 44.9 Å². The lowest BCUT2D eigenvalue weighted by molar-refractivity contribution is -0.302. The maximum Gasteiger partial charge on any atom is 0.249 e. The van der Waals surface area contributed by atoms with Crippen molar-refractivity contribution in [2.45, 2.75) is 397 Å². The second-order valence-corrected chi connectivity index (χ2v) is 24.5. The molecule has 0 spiro atoms. The van der Waals surface area contributed by atoms with E-state index in [1.807, 2.05) is 0 Å². The molecule has 1 aliphatic rings. The van der Waals surface area contributed by atoms with Crippen LogP contribution in [0.1, 0.15) is 348 Å². The molecule has 8 atom stereocenters. The van der Waals surface area contributed by atoms with Gasteiger partial charge in [-0.05, 0) is 44.9 Å². The summed E-state index contributed by atoms with van der Waals surface area (Å²) in [6.07, 6.45) is 65.7. The SMILES string of the molecule is CCCCCCCCCCCCCCCCC/C=C\C/C=C\CCCCCCCCCCCCCCCCCCC(O)C(=O)NC(COC1OC(CO)C(O)C(O)C1O)C(O)CCCCCCCCCCCCCCCCCC. The van der Waals surface area contributed by atoms with Crippen molar-refractivity contribution in [1.82, 2.24) is 5.32 Å². The van der Waals surface area contributed by atoms with E-state index in [0.717, 1.165) is 57.8 Å². The van der Waals surface area contributed by atoms with Crippen LogP contribution < -0.4 is 5.32 Å². The molecule has 0 aliphatic carbocycles. The molecule has 0 aromatic rings. The molecule has 10 heteroatoms. The van der Waals surface area contributed by atoms with E-state index in [9.17, 15) is 35.4 Å². The molecule has 1 amide bonds. The number of hydrogen-bond donors (Lipinski definition) is 7. The minimum atomic E-state index is -1.60. The first-order chi connectivity index (χ1) is 38.8. The zero-order chi connectivity index (χ0) is 57.3. The molecule has 0 radical (unpaired) electrons. The van der Waals surface area contributed by atoms with Gasteiger partial charge in [0, 0.05) is 0 Å². The van der Waals surface area contributed by atoms with E-state index >= 15 is 0 Å². The third-order valence-electron chi connectivity index (χ3n) is 16.9. The molecule has 7 N–H and O–H groups in total. The van der Waals surface area contributed by atoms with Gasteiger partial charge >= 0.3 is 0 Å². The molecule has 0 bridgehead atoms. The van der Waals surface area contributed by atoms with E-state index in [-0.39, 0.29) is 6.61 Å². The first-order valence-electron chi connectivity index (χ1n) is 34.6. The van der Waals surface area contributed by atoms with Gasteiger partial charge in [0.15, 0.2) is 6.29 Å². The smallest absolute Gasteiger partial charge is 0.249 e. The number of carbonyl (C=O) groups is 1. The normalized spacial score (nSPS) is 19.0. The first kappa shape index (κ1) is 75.6. The van der Waals surface area contributed by atoms with E-state index in [4.69, 9.17) is 9.47 Å². The summed E-state index contributed by atoms with van der Waals surface area (Å²) < 4.78 is 11.3. The number of rotatable bonds is 61. The maximum atomic E-state index is 13.2. The highest BCUT2D eigenvalue weighted by atomic mass is 16.7. The van der Waals surface area contributed by atoms with Crippen LogP contribution in [0.2, 0.25) is 0 Å². The molecule has 1 fully saturated rings. The van der Waals surface area contributed by atoms with E-state index in [1.54, 1.807) is 0 Å². The van der Waals surface area contributed by atoms with Crippen molar-refractivity contribution >= 4 is 5.91 Å². The second kappa shape index (κ2) is 58.4. The number of aliphatic hydroxyl groups is 6. The average molecular weight is 1120 g/mol. The molecule has 0 saturated carbocycles. The molecule has 1 saturated heterocycles. The van der Waals surface area contributed by atoms with Gasteiger partial charge in [-0.25, -0.2) is 0 Å². The topological polar surface area (TPSA) is 169 Å². The average Bonchev–Trinajstić information content (AvgIpc) is 3.45. The zero-order valence-corrected chi connectivity index (χ0v) is 52.0. The summed E-state index contributed by atoms with van der Waals surface area (Å²) in [5, 5.41) is 65.4. The molecule has 8 unspecified atom stereocenters. The van der Waals surface area contributed by atoms with Gasteiger partial charge in [-0.1, -0.05) is 327 Å². The Kier molecular flexibility index (Phi) is 55.9. The van der Waals surface area contributed by atoms with Crippen LogP contribution in [0, 0.1) is 0 Å². The number of carbonyl (C=O) groups excluding carboxylic acids is 1. The fourth-order valence-corrected chi connectivity index (χ4v) is 11.4. The predicted octanol–water partition coefficient (Wildman–Crippen LogP) is 17.4. The van der Waals surface area contributed by atoms with E-state index in [0.29, 0.717) is 12.8 Å². The van der Waals surface area contributed by atoms with Gasteiger partial charge in [0.25, 0.3) is 0 Å². The Morgan fingerprint density at radius 2 is 0.747 bits per heavy atom. The van der Waals surface area contributed by atoms with Crippen molar-refractivity contribution in [1.29, 1.82) is 0 Å². The minimum Gasteiger partial charge on any atom is -0.394 e. The van der Waals surface area contributed by atoms with Crippen LogP contribution in [0.4, 0.5) is 0 Å². The quantitative estimate of drug-likeness (QED) is 0.0232. The Hall–Kier alpha value is -1.37. The summed E-state index contributed by atoms with van der Waals surface area (Å²) in [5.41, 5.74) is 0. The summed E-state index contributed by atoms with van der Waals surface area (Å²) >= 11 is 0. The second-order valence-electron chi connectivity index (χ2n) is 24.5. The van der Waals surface area contributed by atoms with Gasteiger partial charge in [-0.15, -0.1) is 0 Å². The third-order valence-corrected chi connectivity index (χ3v) is 16.9. The van der Waals surface area contributed by atoms with E-state index in [2.05, 4.69) is 43.5 Å². The van der Waals surface area contributed by atoms with Gasteiger partial charge in [-0.3, -0.25) is 4.79 Å². The summed E-state index contributed by atoms with van der Waals surface area (Å²) in [6, 6.07) is -0.893. The summed E-state index contributed by atoms with van der Waals surface area (Å²) in [6.45, 7) is 3.72. The van der Waals surface area contributed by atoms with E-state index in [1.165, 1.54) is 263 Å². The van der Waals surface area contributed by atoms with Gasteiger partial charge in [-0.2, -0.15) is 0 Å². The van der Waals surface area contributed by atoms with Crippen LogP contribution >= 0.6 is 0 Å². The Labute approximate surface area is 488 Å². The number of amides is 1. The van der Waals surface area contributed by atoms with Gasteiger partial charge < -0.3 is 45.4 Å². The molecule has 1 heterocycles. The summed E-state index contributed by atoms with van der Waals surface area (Å²) in [7, 11) is 0. The van der Waals surface area contributed by atoms with Crippen molar-refractivity contribution in [2.75, 3.05) is 13.2 Å². The number of hydrogen-bond acceptors (Lipinski definition) is 9. The predicted molar refractivity (Wildman–Crippen MR) is 333 cm³/mol. The molecule has 10 nitrogen and oxygen atoms in total. The van der Waals surface area contributed by atoms with Crippen LogP contribution in [0.25, 0.3) is 0 Å². The molecule has 0 aromatic heterocycles. The Balaban J connectivity index is 2.08. The molecule has 79 heavy (non-hydrogen) atoms. The van der Waals surface area contributed by atoms with Gasteiger partial charge in [0.2, 0.25) is 5.91 Å². The largest absolute Gasteiger partial charge is 0.394 e.